The number of aliphatic imine (C=N–C) groups is 1. The maximum absolute atomic E-state index is 12.7. The van der Waals surface area contributed by atoms with E-state index < -0.39 is 5.92 Å². The molecular weight excluding hydrogens is 458 g/mol. The fraction of sp³-hybridized carbons (Fsp3) is 0.192. The largest absolute Gasteiger partial charge is 0.497 e. The Balaban J connectivity index is 1.55. The average molecular weight is 484 g/mol. The normalized spacial score (nSPS) is 17.7. The summed E-state index contributed by atoms with van der Waals surface area (Å²) in [6.07, 6.45) is 12.4. The van der Waals surface area contributed by atoms with E-state index in [4.69, 9.17) is 4.74 Å². The predicted molar refractivity (Wildman–Crippen MR) is 137 cm³/mol. The van der Waals surface area contributed by atoms with Crippen molar-refractivity contribution in [3.8, 4) is 16.9 Å². The summed E-state index contributed by atoms with van der Waals surface area (Å²) in [5.74, 6) is -0.0912. The van der Waals surface area contributed by atoms with Crippen LogP contribution in [0.3, 0.4) is 0 Å². The van der Waals surface area contributed by atoms with Crippen molar-refractivity contribution < 1.29 is 14.3 Å². The van der Waals surface area contributed by atoms with Crippen LogP contribution in [0.25, 0.3) is 17.2 Å². The minimum Gasteiger partial charge on any atom is -0.497 e. The Labute approximate surface area is 207 Å². The number of carbonyl (C=O) groups excluding carboxylic acids is 2. The van der Waals surface area contributed by atoms with Crippen LogP contribution in [0.5, 0.6) is 5.75 Å². The second-order valence-electron chi connectivity index (χ2n) is 8.37. The summed E-state index contributed by atoms with van der Waals surface area (Å²) in [4.78, 5) is 36.8. The van der Waals surface area contributed by atoms with Gasteiger partial charge >= 0.3 is 0 Å². The van der Waals surface area contributed by atoms with E-state index in [0.717, 1.165) is 33.8 Å². The smallest absolute Gasteiger partial charge is 0.254 e. The highest BCUT2D eigenvalue weighted by molar-refractivity contribution is 6.24. The lowest BCUT2D eigenvalue weighted by atomic mass is 9.95. The number of allylic oxidation sites excluding steroid dienone is 1. The van der Waals surface area contributed by atoms with E-state index >= 15 is 0 Å². The quantitative estimate of drug-likeness (QED) is 0.476. The zero-order valence-corrected chi connectivity index (χ0v) is 19.9. The van der Waals surface area contributed by atoms with E-state index in [0.29, 0.717) is 24.3 Å². The van der Waals surface area contributed by atoms with Gasteiger partial charge in [-0.15, -0.1) is 0 Å². The van der Waals surface area contributed by atoms with Gasteiger partial charge in [-0.3, -0.25) is 19.1 Å². The molecule has 10 heteroatoms. The lowest BCUT2D eigenvalue weighted by Crippen LogP contribution is -2.32. The minimum atomic E-state index is -0.582. The molecule has 0 saturated carbocycles. The van der Waals surface area contributed by atoms with Crippen LogP contribution in [0.4, 0.5) is 0 Å². The molecule has 36 heavy (non-hydrogen) atoms. The number of ether oxygens (including phenoxy) is 1. The Kier molecular flexibility index (Phi) is 6.31. The van der Waals surface area contributed by atoms with Crippen LogP contribution in [-0.4, -0.2) is 45.4 Å². The standard InChI is InChI=1S/C26H25N7O3/c1-16-19(7-8-23(34)33-12-11-27-15-33)24(17-3-5-18(36-2)6-4-17)21(31-16)13-22-25(29-10-9-28-22)20-14-30-32-26(20)35/h3-6,9-15,20,28,31H,7-8H2,1-2H3,(H,32,35). The third-order valence-electron chi connectivity index (χ3n) is 6.17. The van der Waals surface area contributed by atoms with Gasteiger partial charge in [0.2, 0.25) is 5.91 Å². The molecule has 0 radical (unpaired) electrons. The molecule has 182 valence electrons. The number of H-pyrrole nitrogens is 1. The molecule has 0 spiro atoms. The van der Waals surface area contributed by atoms with Crippen LogP contribution in [0.15, 0.2) is 71.2 Å². The van der Waals surface area contributed by atoms with Gasteiger partial charge in [0, 0.05) is 54.4 Å². The molecule has 1 unspecified atom stereocenters. The molecule has 0 fully saturated rings. The van der Waals surface area contributed by atoms with Crippen molar-refractivity contribution in [1.82, 2.24) is 25.3 Å². The Bertz CT molecular complexity index is 1410. The van der Waals surface area contributed by atoms with Gasteiger partial charge in [-0.05, 0) is 42.7 Å². The molecule has 2 aliphatic heterocycles. The Morgan fingerprint density at radius 2 is 2.08 bits per heavy atom. The Morgan fingerprint density at radius 1 is 1.25 bits per heavy atom. The summed E-state index contributed by atoms with van der Waals surface area (Å²) >= 11 is 0. The molecule has 0 aliphatic carbocycles. The number of aromatic nitrogens is 3. The first-order valence-corrected chi connectivity index (χ1v) is 11.5. The van der Waals surface area contributed by atoms with E-state index in [2.05, 4.69) is 30.8 Å². The number of methoxy groups -OCH3 is 1. The lowest BCUT2D eigenvalue weighted by Gasteiger charge is -2.17. The molecule has 3 aromatic rings. The Hall–Kier alpha value is -4.73. The van der Waals surface area contributed by atoms with E-state index in [9.17, 15) is 9.59 Å². The third-order valence-corrected chi connectivity index (χ3v) is 6.17. The van der Waals surface area contributed by atoms with Gasteiger partial charge in [-0.2, -0.15) is 5.10 Å². The number of benzene rings is 1. The van der Waals surface area contributed by atoms with Crippen LogP contribution in [-0.2, 0) is 11.2 Å². The van der Waals surface area contributed by atoms with Gasteiger partial charge in [0.15, 0.2) is 0 Å². The maximum Gasteiger partial charge on any atom is 0.254 e. The summed E-state index contributed by atoms with van der Waals surface area (Å²) < 4.78 is 6.83. The van der Waals surface area contributed by atoms with Crippen molar-refractivity contribution >= 4 is 29.8 Å². The van der Waals surface area contributed by atoms with Gasteiger partial charge in [-0.25, -0.2) is 10.4 Å². The van der Waals surface area contributed by atoms with E-state index in [-0.39, 0.29) is 11.8 Å². The number of carbonyl (C=O) groups is 2. The molecule has 2 aromatic heterocycles. The molecule has 2 aliphatic rings. The zero-order chi connectivity index (χ0) is 25.1. The van der Waals surface area contributed by atoms with Crippen LogP contribution in [0.2, 0.25) is 0 Å². The van der Waals surface area contributed by atoms with Gasteiger partial charge in [0.1, 0.15) is 18.0 Å². The number of rotatable bonds is 7. The number of hydrazone groups is 1. The molecular formula is C26H25N7O3. The topological polar surface area (TPSA) is 126 Å². The number of nitrogens with one attached hydrogen (secondary N) is 3. The lowest BCUT2D eigenvalue weighted by molar-refractivity contribution is -0.120. The van der Waals surface area contributed by atoms with Gasteiger partial charge in [-0.1, -0.05) is 12.1 Å². The van der Waals surface area contributed by atoms with Gasteiger partial charge in [0.05, 0.1) is 18.5 Å². The first kappa shape index (κ1) is 23.0. The molecule has 0 saturated heterocycles. The summed E-state index contributed by atoms with van der Waals surface area (Å²) in [7, 11) is 1.63. The summed E-state index contributed by atoms with van der Waals surface area (Å²) in [6, 6.07) is 7.79. The second kappa shape index (κ2) is 9.87. The molecule has 3 N–H and O–H groups in total. The number of aromatic amines is 1. The van der Waals surface area contributed by atoms with E-state index in [1.807, 2.05) is 37.3 Å². The maximum atomic E-state index is 12.7. The number of amides is 1. The molecule has 5 rings (SSSR count). The predicted octanol–water partition coefficient (Wildman–Crippen LogP) is 3.06. The number of imidazole rings is 1. The van der Waals surface area contributed by atoms with Crippen LogP contribution in [0.1, 0.15) is 28.2 Å². The fourth-order valence-electron chi connectivity index (χ4n) is 4.37. The number of aryl methyl sites for hydroxylation is 1. The molecule has 10 nitrogen and oxygen atoms in total. The number of hydrogen-bond acceptors (Lipinski definition) is 7. The van der Waals surface area contributed by atoms with Crippen molar-refractivity contribution in [1.29, 1.82) is 0 Å². The first-order valence-electron chi connectivity index (χ1n) is 11.5. The third kappa shape index (κ3) is 4.48. The average Bonchev–Trinajstić information content (AvgIpc) is 3.64. The minimum absolute atomic E-state index is 0.0336. The first-order chi connectivity index (χ1) is 17.5. The molecule has 1 aromatic carbocycles. The Morgan fingerprint density at radius 3 is 2.78 bits per heavy atom. The van der Waals surface area contributed by atoms with Crippen LogP contribution >= 0.6 is 0 Å². The van der Waals surface area contributed by atoms with Gasteiger partial charge in [0.25, 0.3) is 5.91 Å². The van der Waals surface area contributed by atoms with E-state index in [1.54, 1.807) is 38.1 Å². The summed E-state index contributed by atoms with van der Waals surface area (Å²) in [5, 5.41) is 7.09. The zero-order valence-electron chi connectivity index (χ0n) is 19.9. The van der Waals surface area contributed by atoms with Crippen LogP contribution < -0.4 is 15.5 Å². The fourth-order valence-corrected chi connectivity index (χ4v) is 4.37. The molecule has 1 atom stereocenters. The highest BCUT2D eigenvalue weighted by atomic mass is 16.5. The monoisotopic (exact) mass is 483 g/mol. The van der Waals surface area contributed by atoms with Crippen molar-refractivity contribution in [2.75, 3.05) is 7.11 Å². The molecule has 0 bridgehead atoms. The number of hydrogen-bond donors (Lipinski definition) is 3. The molecule has 1 amide bonds. The van der Waals surface area contributed by atoms with Crippen LogP contribution in [0, 0.1) is 12.8 Å². The number of nitrogens with zero attached hydrogens (tertiary/aromatic N) is 4. The van der Waals surface area contributed by atoms with E-state index in [1.165, 1.54) is 10.9 Å². The summed E-state index contributed by atoms with van der Waals surface area (Å²) in [6.45, 7) is 1.99. The highest BCUT2D eigenvalue weighted by Gasteiger charge is 2.30. The van der Waals surface area contributed by atoms with Crippen molar-refractivity contribution in [2.45, 2.75) is 19.8 Å². The second-order valence-corrected chi connectivity index (χ2v) is 8.37. The summed E-state index contributed by atoms with van der Waals surface area (Å²) in [5.41, 5.74) is 8.49. The molecule has 4 heterocycles. The SMILES string of the molecule is COc1ccc(-c2c(C=C3NC=CN=C3C3C=NNC3=O)[nH]c(C)c2CCC(=O)n2ccnc2)cc1. The highest BCUT2D eigenvalue weighted by Crippen LogP contribution is 2.34. The van der Waals surface area contributed by atoms with Crippen molar-refractivity contribution in [2.24, 2.45) is 16.0 Å². The van der Waals surface area contributed by atoms with Gasteiger partial charge < -0.3 is 15.0 Å². The van der Waals surface area contributed by atoms with Crippen molar-refractivity contribution in [3.63, 3.8) is 0 Å². The van der Waals surface area contributed by atoms with Crippen molar-refractivity contribution in [3.05, 3.63) is 78.0 Å².